The zero-order valence-corrected chi connectivity index (χ0v) is 9.83. The number of nitrogens with zero attached hydrogens (tertiary/aromatic N) is 1. The molecule has 0 unspecified atom stereocenters. The first kappa shape index (κ1) is 13.4. The molecule has 15 heavy (non-hydrogen) atoms. The van der Waals surface area contributed by atoms with Crippen molar-refractivity contribution in [2.24, 2.45) is 0 Å². The highest BCUT2D eigenvalue weighted by atomic mass is 16.5. The lowest BCUT2D eigenvalue weighted by atomic mass is 10.1. The molecule has 0 saturated carbocycles. The van der Waals surface area contributed by atoms with Crippen molar-refractivity contribution in [1.29, 1.82) is 0 Å². The molecule has 0 fully saturated rings. The van der Waals surface area contributed by atoms with Crippen molar-refractivity contribution in [2.75, 3.05) is 21.2 Å². The van der Waals surface area contributed by atoms with Crippen LogP contribution in [0, 0.1) is 0 Å². The van der Waals surface area contributed by atoms with E-state index >= 15 is 0 Å². The topological polar surface area (TPSA) is 46.6 Å². The molecule has 0 aliphatic heterocycles. The third-order valence-electron chi connectivity index (χ3n) is 1.62. The first-order chi connectivity index (χ1) is 6.88. The first-order valence-electron chi connectivity index (χ1n) is 4.54. The molecule has 0 aromatic carbocycles. The molecule has 0 bridgehead atoms. The zero-order chi connectivity index (χ0) is 12.0. The van der Waals surface area contributed by atoms with Gasteiger partial charge in [-0.15, -0.1) is 0 Å². The van der Waals surface area contributed by atoms with E-state index < -0.39 is 5.97 Å². The second-order valence-electron chi connectivity index (χ2n) is 3.44. The zero-order valence-electron chi connectivity index (χ0n) is 9.83. The summed E-state index contributed by atoms with van der Waals surface area (Å²) in [6, 6.07) is 0. The molecule has 0 aromatic heterocycles. The third-order valence-corrected chi connectivity index (χ3v) is 1.62. The molecule has 0 rings (SSSR count). The molecule has 0 aliphatic carbocycles. The second-order valence-corrected chi connectivity index (χ2v) is 3.44. The minimum Gasteiger partial charge on any atom is -0.465 e. The Hall–Kier alpha value is -1.58. The molecule has 0 amide bonds. The van der Waals surface area contributed by atoms with Gasteiger partial charge in [0, 0.05) is 20.3 Å². The fourth-order valence-electron chi connectivity index (χ4n) is 1.09. The van der Waals surface area contributed by atoms with Crippen molar-refractivity contribution < 1.29 is 14.3 Å². The van der Waals surface area contributed by atoms with Gasteiger partial charge in [-0.05, 0) is 25.5 Å². The lowest BCUT2D eigenvalue weighted by Gasteiger charge is -2.06. The van der Waals surface area contributed by atoms with Crippen molar-refractivity contribution in [3.05, 3.63) is 23.4 Å². The number of Topliss-reactive ketones (excluding diaryl/α,β-unsaturated/α-hetero) is 1. The van der Waals surface area contributed by atoms with Gasteiger partial charge >= 0.3 is 5.97 Å². The highest BCUT2D eigenvalue weighted by Crippen LogP contribution is 2.06. The third kappa shape index (κ3) is 5.00. The smallest absolute Gasteiger partial charge is 0.341 e. The summed E-state index contributed by atoms with van der Waals surface area (Å²) in [5, 5.41) is 0. The molecule has 0 aromatic rings. The van der Waals surface area contributed by atoms with E-state index in [1.54, 1.807) is 0 Å². The van der Waals surface area contributed by atoms with Gasteiger partial charge in [0.1, 0.15) is 5.57 Å². The maximum atomic E-state index is 11.2. The predicted octanol–water partition coefficient (Wildman–Crippen LogP) is 1.14. The van der Waals surface area contributed by atoms with Crippen LogP contribution >= 0.6 is 0 Å². The van der Waals surface area contributed by atoms with Crippen molar-refractivity contribution in [1.82, 2.24) is 4.90 Å². The molecule has 4 nitrogen and oxygen atoms in total. The molecule has 0 atom stereocenters. The number of hydrogen-bond acceptors (Lipinski definition) is 4. The Balaban J connectivity index is 5.01. The van der Waals surface area contributed by atoms with Crippen LogP contribution in [-0.4, -0.2) is 37.9 Å². The van der Waals surface area contributed by atoms with Gasteiger partial charge in [-0.2, -0.15) is 0 Å². The molecule has 0 spiro atoms. The molecule has 4 heteroatoms. The summed E-state index contributed by atoms with van der Waals surface area (Å²) >= 11 is 0. The summed E-state index contributed by atoms with van der Waals surface area (Å²) in [4.78, 5) is 24.2. The summed E-state index contributed by atoms with van der Waals surface area (Å²) in [6.07, 6.45) is 3.33. The van der Waals surface area contributed by atoms with E-state index in [4.69, 9.17) is 0 Å². The van der Waals surface area contributed by atoms with Crippen LogP contribution in [0.15, 0.2) is 23.4 Å². The number of methoxy groups -OCH3 is 1. The Morgan fingerprint density at radius 3 is 2.07 bits per heavy atom. The normalized spacial score (nSPS) is 12.3. The number of ether oxygens (including phenoxy) is 1. The highest BCUT2D eigenvalue weighted by molar-refractivity contribution is 6.16. The van der Waals surface area contributed by atoms with Gasteiger partial charge in [-0.3, -0.25) is 4.79 Å². The Morgan fingerprint density at radius 1 is 1.20 bits per heavy atom. The van der Waals surface area contributed by atoms with Gasteiger partial charge in [0.25, 0.3) is 0 Å². The fraction of sp³-hybridized carbons (Fsp3) is 0.455. The van der Waals surface area contributed by atoms with E-state index in [1.165, 1.54) is 20.1 Å². The summed E-state index contributed by atoms with van der Waals surface area (Å²) < 4.78 is 4.51. The Labute approximate surface area is 90.2 Å². The molecule has 0 radical (unpaired) electrons. The quantitative estimate of drug-likeness (QED) is 0.230. The van der Waals surface area contributed by atoms with Gasteiger partial charge in [0.15, 0.2) is 5.78 Å². The summed E-state index contributed by atoms with van der Waals surface area (Å²) in [7, 11) is 4.98. The van der Waals surface area contributed by atoms with E-state index in [9.17, 15) is 9.59 Å². The van der Waals surface area contributed by atoms with E-state index in [1.807, 2.05) is 32.1 Å². The maximum Gasteiger partial charge on any atom is 0.341 e. The molecule has 84 valence electrons. The monoisotopic (exact) mass is 211 g/mol. The Bertz CT molecular complexity index is 314. The minimum atomic E-state index is -0.603. The van der Waals surface area contributed by atoms with Crippen molar-refractivity contribution >= 4 is 11.8 Å². The number of hydrogen-bond donors (Lipinski definition) is 0. The van der Waals surface area contributed by atoms with Crippen LogP contribution in [0.4, 0.5) is 0 Å². The van der Waals surface area contributed by atoms with Crippen LogP contribution in [0.5, 0.6) is 0 Å². The maximum absolute atomic E-state index is 11.2. The lowest BCUT2D eigenvalue weighted by molar-refractivity contribution is -0.137. The molecular weight excluding hydrogens is 194 g/mol. The molecular formula is C11H17NO3. The number of allylic oxidation sites excluding steroid dienone is 2. The summed E-state index contributed by atoms with van der Waals surface area (Å²) in [6.45, 7) is 3.15. The number of esters is 1. The van der Waals surface area contributed by atoms with Crippen molar-refractivity contribution in [3.8, 4) is 0 Å². The Morgan fingerprint density at radius 2 is 1.73 bits per heavy atom. The highest BCUT2D eigenvalue weighted by Gasteiger charge is 2.14. The average Bonchev–Trinajstić information content (AvgIpc) is 2.11. The molecule has 0 saturated heterocycles. The van der Waals surface area contributed by atoms with E-state index in [-0.39, 0.29) is 11.4 Å². The Kier molecular flexibility index (Phi) is 5.37. The molecule has 0 aliphatic rings. The van der Waals surface area contributed by atoms with E-state index in [0.717, 1.165) is 5.57 Å². The number of rotatable bonds is 4. The standard InChI is InChI=1S/C11H17NO3/c1-8(7-12(3)4)6-10(9(2)13)11(14)15-5/h6-7H,1-5H3/b8-7+,10-6-. The number of carbonyl (C=O) groups is 2. The SMILES string of the molecule is COC(=O)/C(=C\C(C)=C\N(C)C)C(C)=O. The van der Waals surface area contributed by atoms with Gasteiger partial charge in [-0.1, -0.05) is 0 Å². The van der Waals surface area contributed by atoms with Crippen LogP contribution < -0.4 is 0 Å². The summed E-state index contributed by atoms with van der Waals surface area (Å²) in [5.74, 6) is -0.901. The number of ketones is 1. The molecule has 0 heterocycles. The van der Waals surface area contributed by atoms with Crippen LogP contribution in [-0.2, 0) is 14.3 Å². The van der Waals surface area contributed by atoms with Gasteiger partial charge in [-0.25, -0.2) is 4.79 Å². The average molecular weight is 211 g/mol. The summed E-state index contributed by atoms with van der Waals surface area (Å²) in [5.41, 5.74) is 0.878. The fourth-order valence-corrected chi connectivity index (χ4v) is 1.09. The number of carbonyl (C=O) groups excluding carboxylic acids is 2. The van der Waals surface area contributed by atoms with E-state index in [2.05, 4.69) is 4.74 Å². The first-order valence-corrected chi connectivity index (χ1v) is 4.54. The molecule has 0 N–H and O–H groups in total. The van der Waals surface area contributed by atoms with Crippen molar-refractivity contribution in [3.63, 3.8) is 0 Å². The van der Waals surface area contributed by atoms with Crippen LogP contribution in [0.1, 0.15) is 13.8 Å². The van der Waals surface area contributed by atoms with Crippen LogP contribution in [0.3, 0.4) is 0 Å². The van der Waals surface area contributed by atoms with Crippen LogP contribution in [0.2, 0.25) is 0 Å². The van der Waals surface area contributed by atoms with Gasteiger partial charge in [0.05, 0.1) is 7.11 Å². The van der Waals surface area contributed by atoms with E-state index in [0.29, 0.717) is 0 Å². The minimum absolute atomic E-state index is 0.0631. The van der Waals surface area contributed by atoms with Crippen molar-refractivity contribution in [2.45, 2.75) is 13.8 Å². The predicted molar refractivity (Wildman–Crippen MR) is 58.2 cm³/mol. The lowest BCUT2D eigenvalue weighted by Crippen LogP contribution is -2.12. The largest absolute Gasteiger partial charge is 0.465 e. The van der Waals surface area contributed by atoms with Gasteiger partial charge in [0.2, 0.25) is 0 Å². The second kappa shape index (κ2) is 6.01. The van der Waals surface area contributed by atoms with Gasteiger partial charge < -0.3 is 9.64 Å². The van der Waals surface area contributed by atoms with Crippen LogP contribution in [0.25, 0.3) is 0 Å².